The third-order valence-corrected chi connectivity index (χ3v) is 2.42. The lowest BCUT2D eigenvalue weighted by Gasteiger charge is -2.28. The highest BCUT2D eigenvalue weighted by Gasteiger charge is 2.18. The molecule has 0 N–H and O–H groups in total. The third-order valence-electron chi connectivity index (χ3n) is 2.42. The summed E-state index contributed by atoms with van der Waals surface area (Å²) in [6, 6.07) is 0. The van der Waals surface area contributed by atoms with Gasteiger partial charge in [0.1, 0.15) is 0 Å². The normalized spacial score (nSPS) is 18.7. The average Bonchev–Trinajstić information content (AvgIpc) is 1.85. The van der Waals surface area contributed by atoms with E-state index in [1.165, 1.54) is 25.7 Å². The quantitative estimate of drug-likeness (QED) is 0.524. The SMILES string of the molecule is [B]C(C)(CCC)CC(C)CCC. The van der Waals surface area contributed by atoms with Crippen LogP contribution in [0, 0.1) is 5.92 Å². The molecule has 0 nitrogen and oxygen atoms in total. The Hall–Kier alpha value is 0.0649. The van der Waals surface area contributed by atoms with Gasteiger partial charge in [0, 0.05) is 0 Å². The lowest BCUT2D eigenvalue weighted by molar-refractivity contribution is 0.388. The molecule has 0 fully saturated rings. The van der Waals surface area contributed by atoms with Gasteiger partial charge in [0.15, 0.2) is 0 Å². The highest BCUT2D eigenvalue weighted by molar-refractivity contribution is 6.14. The van der Waals surface area contributed by atoms with Crippen LogP contribution in [0.1, 0.15) is 59.8 Å². The molecule has 0 aliphatic carbocycles. The summed E-state index contributed by atoms with van der Waals surface area (Å²) in [5.41, 5.74) is 0. The molecule has 0 heterocycles. The van der Waals surface area contributed by atoms with Gasteiger partial charge in [-0.25, -0.2) is 0 Å². The minimum atomic E-state index is 0.0728. The maximum Gasteiger partial charge on any atom is 0.0742 e. The van der Waals surface area contributed by atoms with E-state index in [0.717, 1.165) is 12.3 Å². The van der Waals surface area contributed by atoms with Crippen LogP contribution < -0.4 is 0 Å². The van der Waals surface area contributed by atoms with E-state index in [1.807, 2.05) is 0 Å². The molecule has 1 heteroatoms. The van der Waals surface area contributed by atoms with E-state index in [1.54, 1.807) is 0 Å². The molecule has 0 aliphatic heterocycles. The van der Waals surface area contributed by atoms with Gasteiger partial charge in [-0.3, -0.25) is 0 Å². The zero-order valence-electron chi connectivity index (χ0n) is 9.19. The number of hydrogen-bond donors (Lipinski definition) is 0. The number of hydrogen-bond acceptors (Lipinski definition) is 0. The summed E-state index contributed by atoms with van der Waals surface area (Å²) in [6.45, 7) is 8.94. The van der Waals surface area contributed by atoms with E-state index in [-0.39, 0.29) is 5.31 Å². The standard InChI is InChI=1S/C11H23B/c1-5-7-10(3)9-11(4,12)8-6-2/h10H,5-9H2,1-4H3. The highest BCUT2D eigenvalue weighted by Crippen LogP contribution is 2.35. The van der Waals surface area contributed by atoms with Crippen molar-refractivity contribution in [1.29, 1.82) is 0 Å². The molecule has 0 aliphatic rings. The molecule has 2 unspecified atom stereocenters. The lowest BCUT2D eigenvalue weighted by Crippen LogP contribution is -2.12. The Morgan fingerprint density at radius 1 is 1.25 bits per heavy atom. The molecule has 12 heavy (non-hydrogen) atoms. The van der Waals surface area contributed by atoms with Crippen molar-refractivity contribution in [3.8, 4) is 0 Å². The minimum Gasteiger partial charge on any atom is -0.0686 e. The number of rotatable bonds is 6. The summed E-state index contributed by atoms with van der Waals surface area (Å²) in [6.07, 6.45) is 6.13. The topological polar surface area (TPSA) is 0 Å². The molecule has 0 bridgehead atoms. The Balaban J connectivity index is 3.70. The monoisotopic (exact) mass is 166 g/mol. The van der Waals surface area contributed by atoms with Crippen LogP contribution in [0.3, 0.4) is 0 Å². The van der Waals surface area contributed by atoms with Crippen molar-refractivity contribution >= 4 is 7.85 Å². The van der Waals surface area contributed by atoms with Crippen molar-refractivity contribution in [2.24, 2.45) is 5.92 Å². The van der Waals surface area contributed by atoms with Crippen molar-refractivity contribution in [1.82, 2.24) is 0 Å². The molecular formula is C11H23B. The van der Waals surface area contributed by atoms with Gasteiger partial charge < -0.3 is 0 Å². The van der Waals surface area contributed by atoms with Crippen molar-refractivity contribution in [3.63, 3.8) is 0 Å². The first-order valence-electron chi connectivity index (χ1n) is 5.30. The van der Waals surface area contributed by atoms with Crippen LogP contribution >= 0.6 is 0 Å². The Bertz CT molecular complexity index is 108. The Morgan fingerprint density at radius 3 is 2.25 bits per heavy atom. The summed E-state index contributed by atoms with van der Waals surface area (Å²) in [7, 11) is 6.16. The molecule has 0 spiro atoms. The second-order valence-electron chi connectivity index (χ2n) is 4.50. The van der Waals surface area contributed by atoms with E-state index in [0.29, 0.717) is 0 Å². The van der Waals surface area contributed by atoms with E-state index in [2.05, 4.69) is 27.7 Å². The van der Waals surface area contributed by atoms with Gasteiger partial charge in [0.25, 0.3) is 0 Å². The van der Waals surface area contributed by atoms with Gasteiger partial charge in [-0.05, 0) is 5.92 Å². The predicted octanol–water partition coefficient (Wildman–Crippen LogP) is 3.96. The zero-order chi connectivity index (χ0) is 9.61. The predicted molar refractivity (Wildman–Crippen MR) is 57.7 cm³/mol. The molecule has 0 amide bonds. The van der Waals surface area contributed by atoms with Crippen LogP contribution in [0.25, 0.3) is 0 Å². The smallest absolute Gasteiger partial charge is 0.0686 e. The molecule has 0 aromatic rings. The Kier molecular flexibility index (Phi) is 5.70. The van der Waals surface area contributed by atoms with Crippen LogP contribution in [-0.2, 0) is 0 Å². The summed E-state index contributed by atoms with van der Waals surface area (Å²) in [4.78, 5) is 0. The van der Waals surface area contributed by atoms with E-state index in [9.17, 15) is 0 Å². The third kappa shape index (κ3) is 5.68. The van der Waals surface area contributed by atoms with Crippen LogP contribution in [0.15, 0.2) is 0 Å². The van der Waals surface area contributed by atoms with Gasteiger partial charge >= 0.3 is 0 Å². The molecule has 0 aromatic heterocycles. The van der Waals surface area contributed by atoms with Crippen LogP contribution in [0.5, 0.6) is 0 Å². The second-order valence-corrected chi connectivity index (χ2v) is 4.50. The molecule has 2 atom stereocenters. The van der Waals surface area contributed by atoms with E-state index >= 15 is 0 Å². The summed E-state index contributed by atoms with van der Waals surface area (Å²) < 4.78 is 0. The van der Waals surface area contributed by atoms with Crippen LogP contribution in [0.4, 0.5) is 0 Å². The maximum atomic E-state index is 6.16. The largest absolute Gasteiger partial charge is 0.0742 e. The van der Waals surface area contributed by atoms with Gasteiger partial charge in [-0.1, -0.05) is 65.1 Å². The van der Waals surface area contributed by atoms with Crippen molar-refractivity contribution in [3.05, 3.63) is 0 Å². The Morgan fingerprint density at radius 2 is 1.83 bits per heavy atom. The Labute approximate surface area is 79.5 Å². The molecule has 0 aromatic carbocycles. The van der Waals surface area contributed by atoms with Crippen molar-refractivity contribution < 1.29 is 0 Å². The molecular weight excluding hydrogens is 143 g/mol. The van der Waals surface area contributed by atoms with Crippen LogP contribution in [0.2, 0.25) is 5.31 Å². The highest BCUT2D eigenvalue weighted by atomic mass is 14.2. The average molecular weight is 166 g/mol. The van der Waals surface area contributed by atoms with Crippen molar-refractivity contribution in [2.45, 2.75) is 65.1 Å². The summed E-state index contributed by atoms with van der Waals surface area (Å²) in [5.74, 6) is 0.788. The fourth-order valence-electron chi connectivity index (χ4n) is 2.06. The second kappa shape index (κ2) is 5.67. The van der Waals surface area contributed by atoms with Crippen molar-refractivity contribution in [2.75, 3.05) is 0 Å². The van der Waals surface area contributed by atoms with Crippen LogP contribution in [-0.4, -0.2) is 7.85 Å². The minimum absolute atomic E-state index is 0.0728. The molecule has 2 radical (unpaired) electrons. The molecule has 70 valence electrons. The zero-order valence-corrected chi connectivity index (χ0v) is 9.19. The summed E-state index contributed by atoms with van der Waals surface area (Å²) >= 11 is 0. The lowest BCUT2D eigenvalue weighted by atomic mass is 9.63. The fraction of sp³-hybridized carbons (Fsp3) is 1.00. The molecule has 0 saturated carbocycles. The molecule has 0 rings (SSSR count). The van der Waals surface area contributed by atoms with Gasteiger partial charge in [0.05, 0.1) is 7.85 Å². The van der Waals surface area contributed by atoms with Gasteiger partial charge in [0.2, 0.25) is 0 Å². The first-order chi connectivity index (χ1) is 5.52. The summed E-state index contributed by atoms with van der Waals surface area (Å²) in [5, 5.41) is 0.0728. The van der Waals surface area contributed by atoms with E-state index < -0.39 is 0 Å². The van der Waals surface area contributed by atoms with E-state index in [4.69, 9.17) is 7.85 Å². The first kappa shape index (κ1) is 12.1. The first-order valence-corrected chi connectivity index (χ1v) is 5.30. The van der Waals surface area contributed by atoms with Gasteiger partial charge in [-0.2, -0.15) is 0 Å². The molecule has 0 saturated heterocycles. The fourth-order valence-corrected chi connectivity index (χ4v) is 2.06. The van der Waals surface area contributed by atoms with Gasteiger partial charge in [-0.15, -0.1) is 0 Å². The maximum absolute atomic E-state index is 6.16.